The van der Waals surface area contributed by atoms with Gasteiger partial charge in [-0.3, -0.25) is 14.9 Å². The quantitative estimate of drug-likeness (QED) is 0.481. The number of rotatable bonds is 6. The molecule has 0 aliphatic rings. The normalized spacial score (nSPS) is 10.9. The van der Waals surface area contributed by atoms with Crippen molar-refractivity contribution >= 4 is 29.4 Å². The largest absolute Gasteiger partial charge is 0.491 e. The molecule has 0 bridgehead atoms. The Kier molecular flexibility index (Phi) is 6.08. The van der Waals surface area contributed by atoms with E-state index in [0.717, 1.165) is 0 Å². The Labute approximate surface area is 149 Å². The third-order valence-electron chi connectivity index (χ3n) is 3.03. The molecule has 25 heavy (non-hydrogen) atoms. The van der Waals surface area contributed by atoms with Crippen LogP contribution in [0.25, 0.3) is 0 Å². The first-order valence-corrected chi connectivity index (χ1v) is 7.78. The van der Waals surface area contributed by atoms with E-state index in [4.69, 9.17) is 16.3 Å². The van der Waals surface area contributed by atoms with Crippen molar-refractivity contribution in [3.63, 3.8) is 0 Å². The zero-order chi connectivity index (χ0) is 18.4. The van der Waals surface area contributed by atoms with Crippen molar-refractivity contribution < 1.29 is 14.5 Å². The van der Waals surface area contributed by atoms with E-state index < -0.39 is 10.8 Å². The van der Waals surface area contributed by atoms with Gasteiger partial charge in [0, 0.05) is 17.2 Å². The summed E-state index contributed by atoms with van der Waals surface area (Å²) in [5.74, 6) is 0.263. The molecule has 0 unspecified atom stereocenters. The molecule has 0 fully saturated rings. The lowest BCUT2D eigenvalue weighted by molar-refractivity contribution is -0.384. The summed E-state index contributed by atoms with van der Waals surface area (Å²) < 4.78 is 5.50. The van der Waals surface area contributed by atoms with E-state index in [0.29, 0.717) is 16.9 Å². The Morgan fingerprint density at radius 3 is 2.56 bits per heavy atom. The lowest BCUT2D eigenvalue weighted by atomic mass is 10.2. The van der Waals surface area contributed by atoms with Crippen LogP contribution in [0.1, 0.15) is 29.8 Å². The molecular weight excluding hydrogens is 346 g/mol. The number of hydrogen-bond acceptors (Lipinski definition) is 5. The minimum absolute atomic E-state index is 0.0369. The number of amides is 1. The fraction of sp³-hybridized carbons (Fsp3) is 0.176. The van der Waals surface area contributed by atoms with E-state index in [1.165, 1.54) is 18.3 Å². The summed E-state index contributed by atoms with van der Waals surface area (Å²) in [5.41, 5.74) is 2.99. The topological polar surface area (TPSA) is 93.8 Å². The number of carbonyl (C=O) groups is 1. The van der Waals surface area contributed by atoms with E-state index in [-0.39, 0.29) is 16.8 Å². The monoisotopic (exact) mass is 361 g/mol. The van der Waals surface area contributed by atoms with E-state index in [9.17, 15) is 14.9 Å². The smallest absolute Gasteiger partial charge is 0.288 e. The van der Waals surface area contributed by atoms with Gasteiger partial charge in [-0.25, -0.2) is 5.43 Å². The Balaban J connectivity index is 2.01. The maximum Gasteiger partial charge on any atom is 0.288 e. The molecule has 1 N–H and O–H groups in total. The van der Waals surface area contributed by atoms with Crippen molar-refractivity contribution in [2.24, 2.45) is 5.10 Å². The highest BCUT2D eigenvalue weighted by molar-refractivity contribution is 6.32. The second kappa shape index (κ2) is 8.25. The van der Waals surface area contributed by atoms with Crippen molar-refractivity contribution in [2.75, 3.05) is 0 Å². The minimum Gasteiger partial charge on any atom is -0.491 e. The van der Waals surface area contributed by atoms with E-state index >= 15 is 0 Å². The summed E-state index contributed by atoms with van der Waals surface area (Å²) >= 11 is 5.73. The molecule has 0 atom stereocenters. The van der Waals surface area contributed by atoms with Crippen LogP contribution in [0, 0.1) is 10.1 Å². The number of carbonyl (C=O) groups excluding carboxylic acids is 1. The summed E-state index contributed by atoms with van der Waals surface area (Å²) in [4.78, 5) is 22.3. The first-order chi connectivity index (χ1) is 11.9. The van der Waals surface area contributed by atoms with Crippen LogP contribution in [0.5, 0.6) is 5.75 Å². The lowest BCUT2D eigenvalue weighted by Crippen LogP contribution is -2.17. The molecule has 0 heterocycles. The lowest BCUT2D eigenvalue weighted by Gasteiger charge is -2.09. The number of nitrogens with zero attached hydrogens (tertiary/aromatic N) is 2. The molecule has 2 aromatic carbocycles. The van der Waals surface area contributed by atoms with Crippen LogP contribution >= 0.6 is 11.6 Å². The molecule has 0 radical (unpaired) electrons. The zero-order valence-corrected chi connectivity index (χ0v) is 14.4. The maximum absolute atomic E-state index is 12.0. The summed E-state index contributed by atoms with van der Waals surface area (Å²) in [6.07, 6.45) is 1.35. The van der Waals surface area contributed by atoms with Crippen LogP contribution in [0.4, 0.5) is 5.69 Å². The summed E-state index contributed by atoms with van der Waals surface area (Å²) in [5, 5.41) is 14.7. The van der Waals surface area contributed by atoms with Crippen LogP contribution in [0.2, 0.25) is 5.02 Å². The van der Waals surface area contributed by atoms with Crippen LogP contribution in [-0.2, 0) is 0 Å². The van der Waals surface area contributed by atoms with Gasteiger partial charge < -0.3 is 4.74 Å². The SMILES string of the molecule is CC(C)Oc1ccc(C(=O)N/N=C\c2ccc(Cl)c([N+](=O)[O-])c2)cc1. The van der Waals surface area contributed by atoms with Crippen molar-refractivity contribution in [2.45, 2.75) is 20.0 Å². The Morgan fingerprint density at radius 1 is 1.28 bits per heavy atom. The third kappa shape index (κ3) is 5.29. The zero-order valence-electron chi connectivity index (χ0n) is 13.6. The van der Waals surface area contributed by atoms with Crippen molar-refractivity contribution in [3.8, 4) is 5.75 Å². The Bertz CT molecular complexity index is 804. The van der Waals surface area contributed by atoms with Crippen molar-refractivity contribution in [3.05, 3.63) is 68.7 Å². The molecule has 0 aliphatic carbocycles. The Morgan fingerprint density at radius 2 is 1.96 bits per heavy atom. The molecule has 0 saturated carbocycles. The number of ether oxygens (including phenoxy) is 1. The summed E-state index contributed by atoms with van der Waals surface area (Å²) in [7, 11) is 0. The first-order valence-electron chi connectivity index (χ1n) is 7.41. The minimum atomic E-state index is -0.584. The third-order valence-corrected chi connectivity index (χ3v) is 3.35. The highest BCUT2D eigenvalue weighted by Gasteiger charge is 2.12. The van der Waals surface area contributed by atoms with Crippen molar-refractivity contribution in [1.82, 2.24) is 5.43 Å². The van der Waals surface area contributed by atoms with Gasteiger partial charge in [-0.15, -0.1) is 0 Å². The standard InChI is InChI=1S/C17H16ClN3O4/c1-11(2)25-14-6-4-13(5-7-14)17(22)20-19-10-12-3-8-15(18)16(9-12)21(23)24/h3-11H,1-2H3,(H,20,22)/b19-10-. The highest BCUT2D eigenvalue weighted by Crippen LogP contribution is 2.24. The van der Waals surface area contributed by atoms with Crippen LogP contribution in [0.15, 0.2) is 47.6 Å². The number of nitro benzene ring substituents is 1. The van der Waals surface area contributed by atoms with E-state index in [1.54, 1.807) is 30.3 Å². The van der Waals surface area contributed by atoms with Crippen LogP contribution in [0.3, 0.4) is 0 Å². The fourth-order valence-electron chi connectivity index (χ4n) is 1.94. The molecule has 1 amide bonds. The van der Waals surface area contributed by atoms with Gasteiger partial charge in [0.25, 0.3) is 11.6 Å². The van der Waals surface area contributed by atoms with Gasteiger partial charge in [-0.2, -0.15) is 5.10 Å². The second-order valence-corrected chi connectivity index (χ2v) is 5.77. The molecule has 0 spiro atoms. The Hall–Kier alpha value is -2.93. The van der Waals surface area contributed by atoms with Gasteiger partial charge in [-0.05, 0) is 44.2 Å². The van der Waals surface area contributed by atoms with Gasteiger partial charge in [0.1, 0.15) is 10.8 Å². The molecule has 2 aromatic rings. The molecule has 0 aliphatic heterocycles. The number of nitrogens with one attached hydrogen (secondary N) is 1. The average Bonchev–Trinajstić information content (AvgIpc) is 2.56. The van der Waals surface area contributed by atoms with Crippen molar-refractivity contribution in [1.29, 1.82) is 0 Å². The summed E-state index contributed by atoms with van der Waals surface area (Å²) in [6, 6.07) is 10.9. The number of hydrogen-bond donors (Lipinski definition) is 1. The van der Waals surface area contributed by atoms with Crippen LogP contribution in [-0.4, -0.2) is 23.1 Å². The predicted octanol–water partition coefficient (Wildman–Crippen LogP) is 3.80. The molecule has 8 heteroatoms. The maximum atomic E-state index is 12.0. The van der Waals surface area contributed by atoms with E-state index in [2.05, 4.69) is 10.5 Å². The van der Waals surface area contributed by atoms with Gasteiger partial charge in [-0.1, -0.05) is 17.7 Å². The van der Waals surface area contributed by atoms with Crippen LogP contribution < -0.4 is 10.2 Å². The number of halogens is 1. The molecule has 130 valence electrons. The first kappa shape index (κ1) is 18.4. The average molecular weight is 362 g/mol. The van der Waals surface area contributed by atoms with Gasteiger partial charge >= 0.3 is 0 Å². The van der Waals surface area contributed by atoms with Gasteiger partial charge in [0.05, 0.1) is 17.2 Å². The molecule has 0 saturated heterocycles. The number of nitro groups is 1. The highest BCUT2D eigenvalue weighted by atomic mass is 35.5. The second-order valence-electron chi connectivity index (χ2n) is 5.36. The molecule has 7 nitrogen and oxygen atoms in total. The molecule has 0 aromatic heterocycles. The molecule has 2 rings (SSSR count). The van der Waals surface area contributed by atoms with Gasteiger partial charge in [0.2, 0.25) is 0 Å². The summed E-state index contributed by atoms with van der Waals surface area (Å²) in [6.45, 7) is 3.83. The molecular formula is C17H16ClN3O4. The predicted molar refractivity (Wildman–Crippen MR) is 95.4 cm³/mol. The number of benzene rings is 2. The number of hydrazone groups is 1. The van der Waals surface area contributed by atoms with E-state index in [1.807, 2.05) is 13.8 Å². The fourth-order valence-corrected chi connectivity index (χ4v) is 2.12. The van der Waals surface area contributed by atoms with Gasteiger partial charge in [0.15, 0.2) is 0 Å².